The normalized spacial score (nSPS) is 17.1. The minimum Gasteiger partial charge on any atom is -0.330 e. The van der Waals surface area contributed by atoms with E-state index in [2.05, 4.69) is 64.1 Å². The van der Waals surface area contributed by atoms with Crippen molar-refractivity contribution in [2.75, 3.05) is 6.54 Å². The first kappa shape index (κ1) is 16.3. The molecule has 25 heavy (non-hydrogen) atoms. The Kier molecular flexibility index (Phi) is 4.07. The molecule has 0 N–H and O–H groups in total. The lowest BCUT2D eigenvalue weighted by Crippen LogP contribution is -2.42. The SMILES string of the molecule is CC(C)C1c2ccccc2CCN1C(=O)c1nc2ccnn2cc1Br. The van der Waals surface area contributed by atoms with Gasteiger partial charge >= 0.3 is 0 Å². The van der Waals surface area contributed by atoms with Crippen molar-refractivity contribution in [2.24, 2.45) is 5.92 Å². The van der Waals surface area contributed by atoms with Crippen LogP contribution in [0.3, 0.4) is 0 Å². The molecule has 1 amide bonds. The number of carbonyl (C=O) groups is 1. The van der Waals surface area contributed by atoms with Crippen molar-refractivity contribution >= 4 is 27.5 Å². The molecule has 1 aliphatic heterocycles. The van der Waals surface area contributed by atoms with Crippen LogP contribution in [0, 0.1) is 5.92 Å². The molecule has 2 aromatic heterocycles. The molecule has 0 saturated heterocycles. The van der Waals surface area contributed by atoms with Crippen LogP contribution in [-0.4, -0.2) is 31.9 Å². The lowest BCUT2D eigenvalue weighted by molar-refractivity contribution is 0.0596. The Morgan fingerprint density at radius 1 is 1.28 bits per heavy atom. The first-order valence-electron chi connectivity index (χ1n) is 8.45. The van der Waals surface area contributed by atoms with Gasteiger partial charge in [0, 0.05) is 18.8 Å². The van der Waals surface area contributed by atoms with E-state index in [1.165, 1.54) is 11.1 Å². The number of rotatable bonds is 2. The molecule has 1 aromatic carbocycles. The van der Waals surface area contributed by atoms with Gasteiger partial charge in [-0.3, -0.25) is 4.79 Å². The average molecular weight is 399 g/mol. The topological polar surface area (TPSA) is 50.5 Å². The van der Waals surface area contributed by atoms with Gasteiger partial charge in [0.15, 0.2) is 5.65 Å². The number of aromatic nitrogens is 3. The van der Waals surface area contributed by atoms with Gasteiger partial charge in [0.05, 0.1) is 16.7 Å². The summed E-state index contributed by atoms with van der Waals surface area (Å²) in [7, 11) is 0. The monoisotopic (exact) mass is 398 g/mol. The second-order valence-corrected chi connectivity index (χ2v) is 7.56. The summed E-state index contributed by atoms with van der Waals surface area (Å²) in [6.07, 6.45) is 4.34. The highest BCUT2D eigenvalue weighted by Gasteiger charge is 2.34. The predicted molar refractivity (Wildman–Crippen MR) is 99.4 cm³/mol. The van der Waals surface area contributed by atoms with Gasteiger partial charge in [0.2, 0.25) is 0 Å². The number of fused-ring (bicyclic) bond motifs is 2. The molecule has 128 valence electrons. The van der Waals surface area contributed by atoms with E-state index in [0.717, 1.165) is 6.42 Å². The smallest absolute Gasteiger partial charge is 0.274 e. The van der Waals surface area contributed by atoms with E-state index in [-0.39, 0.29) is 11.9 Å². The molecule has 3 aromatic rings. The van der Waals surface area contributed by atoms with Crippen LogP contribution in [0.1, 0.15) is 41.5 Å². The fraction of sp³-hybridized carbons (Fsp3) is 0.316. The van der Waals surface area contributed by atoms with Crippen LogP contribution >= 0.6 is 15.9 Å². The van der Waals surface area contributed by atoms with Gasteiger partial charge in [-0.05, 0) is 39.4 Å². The Bertz CT molecular complexity index is 950. The van der Waals surface area contributed by atoms with E-state index in [1.54, 1.807) is 23.0 Å². The van der Waals surface area contributed by atoms with E-state index in [1.807, 2.05) is 4.90 Å². The fourth-order valence-corrected chi connectivity index (χ4v) is 4.12. The zero-order valence-electron chi connectivity index (χ0n) is 14.2. The van der Waals surface area contributed by atoms with Crippen LogP contribution in [0.4, 0.5) is 0 Å². The highest BCUT2D eigenvalue weighted by Crippen LogP contribution is 2.36. The van der Waals surface area contributed by atoms with Gasteiger partial charge < -0.3 is 4.90 Å². The maximum absolute atomic E-state index is 13.3. The number of hydrogen-bond acceptors (Lipinski definition) is 3. The molecule has 0 spiro atoms. The lowest BCUT2D eigenvalue weighted by atomic mass is 9.86. The molecule has 6 heteroatoms. The van der Waals surface area contributed by atoms with Gasteiger partial charge in [-0.1, -0.05) is 38.1 Å². The minimum atomic E-state index is -0.0382. The van der Waals surface area contributed by atoms with Crippen molar-refractivity contribution in [2.45, 2.75) is 26.3 Å². The highest BCUT2D eigenvalue weighted by molar-refractivity contribution is 9.10. The van der Waals surface area contributed by atoms with Gasteiger partial charge in [-0.2, -0.15) is 5.10 Å². The van der Waals surface area contributed by atoms with Gasteiger partial charge in [0.1, 0.15) is 5.69 Å². The van der Waals surface area contributed by atoms with Crippen LogP contribution in [0.25, 0.3) is 5.65 Å². The number of amides is 1. The third-order valence-corrected chi connectivity index (χ3v) is 5.34. The molecule has 0 saturated carbocycles. The summed E-state index contributed by atoms with van der Waals surface area (Å²) in [5.41, 5.74) is 3.70. The van der Waals surface area contributed by atoms with Crippen molar-refractivity contribution in [3.05, 3.63) is 64.0 Å². The number of carbonyl (C=O) groups excluding carboxylic acids is 1. The van der Waals surface area contributed by atoms with Crippen molar-refractivity contribution in [3.8, 4) is 0 Å². The van der Waals surface area contributed by atoms with E-state index < -0.39 is 0 Å². The zero-order valence-corrected chi connectivity index (χ0v) is 15.8. The summed E-state index contributed by atoms with van der Waals surface area (Å²) < 4.78 is 2.32. The number of nitrogens with zero attached hydrogens (tertiary/aromatic N) is 4. The van der Waals surface area contributed by atoms with E-state index in [9.17, 15) is 4.79 Å². The summed E-state index contributed by atoms with van der Waals surface area (Å²) in [6, 6.07) is 10.3. The van der Waals surface area contributed by atoms with Gasteiger partial charge in [0.25, 0.3) is 5.91 Å². The maximum atomic E-state index is 13.3. The molecule has 1 unspecified atom stereocenters. The Morgan fingerprint density at radius 2 is 2.08 bits per heavy atom. The second kappa shape index (κ2) is 6.26. The highest BCUT2D eigenvalue weighted by atomic mass is 79.9. The standard InChI is InChI=1S/C19H19BrN4O/c1-12(2)18-14-6-4-3-5-13(14)8-10-23(18)19(25)17-15(20)11-24-16(22-17)7-9-21-24/h3-7,9,11-12,18H,8,10H2,1-2H3. The number of benzene rings is 1. The average Bonchev–Trinajstić information content (AvgIpc) is 3.06. The molecule has 0 fully saturated rings. The lowest BCUT2D eigenvalue weighted by Gasteiger charge is -2.39. The molecule has 5 nitrogen and oxygen atoms in total. The summed E-state index contributed by atoms with van der Waals surface area (Å²) in [4.78, 5) is 19.8. The Labute approximate surface area is 154 Å². The second-order valence-electron chi connectivity index (χ2n) is 6.71. The summed E-state index contributed by atoms with van der Waals surface area (Å²) in [5.74, 6) is 0.284. The van der Waals surface area contributed by atoms with Crippen LogP contribution in [0.5, 0.6) is 0 Å². The Balaban J connectivity index is 1.77. The third kappa shape index (κ3) is 2.74. The van der Waals surface area contributed by atoms with E-state index >= 15 is 0 Å². The zero-order chi connectivity index (χ0) is 17.6. The van der Waals surface area contributed by atoms with Crippen molar-refractivity contribution in [1.82, 2.24) is 19.5 Å². The number of hydrogen-bond donors (Lipinski definition) is 0. The molecular formula is C19H19BrN4O. The molecular weight excluding hydrogens is 380 g/mol. The Hall–Kier alpha value is -2.21. The third-order valence-electron chi connectivity index (χ3n) is 4.76. The van der Waals surface area contributed by atoms with Crippen molar-refractivity contribution in [3.63, 3.8) is 0 Å². The molecule has 0 aliphatic carbocycles. The molecule has 3 heterocycles. The number of halogens is 1. The van der Waals surface area contributed by atoms with E-state index in [0.29, 0.717) is 28.3 Å². The van der Waals surface area contributed by atoms with Gasteiger partial charge in [-0.15, -0.1) is 0 Å². The first-order valence-corrected chi connectivity index (χ1v) is 9.24. The van der Waals surface area contributed by atoms with Crippen LogP contribution in [0.2, 0.25) is 0 Å². The van der Waals surface area contributed by atoms with E-state index in [4.69, 9.17) is 0 Å². The van der Waals surface area contributed by atoms with Crippen molar-refractivity contribution in [1.29, 1.82) is 0 Å². The molecule has 1 atom stereocenters. The van der Waals surface area contributed by atoms with Crippen LogP contribution in [-0.2, 0) is 6.42 Å². The Morgan fingerprint density at radius 3 is 2.88 bits per heavy atom. The van der Waals surface area contributed by atoms with Gasteiger partial charge in [-0.25, -0.2) is 9.50 Å². The summed E-state index contributed by atoms with van der Waals surface area (Å²) in [5, 5.41) is 4.16. The van der Waals surface area contributed by atoms with Crippen LogP contribution in [0.15, 0.2) is 47.2 Å². The van der Waals surface area contributed by atoms with Crippen molar-refractivity contribution < 1.29 is 4.79 Å². The summed E-state index contributed by atoms with van der Waals surface area (Å²) >= 11 is 3.49. The quantitative estimate of drug-likeness (QED) is 0.657. The fourth-order valence-electron chi connectivity index (χ4n) is 3.66. The molecule has 1 aliphatic rings. The van der Waals surface area contributed by atoms with Crippen LogP contribution < -0.4 is 0 Å². The molecule has 0 bridgehead atoms. The summed E-state index contributed by atoms with van der Waals surface area (Å²) in [6.45, 7) is 5.03. The maximum Gasteiger partial charge on any atom is 0.274 e. The minimum absolute atomic E-state index is 0.0382. The predicted octanol–water partition coefficient (Wildman–Crippen LogP) is 3.89. The first-order chi connectivity index (χ1) is 12.1. The molecule has 4 rings (SSSR count). The molecule has 0 radical (unpaired) electrons. The largest absolute Gasteiger partial charge is 0.330 e.